The molecule has 1 fully saturated rings. The third kappa shape index (κ3) is 9.52. The Hall–Kier alpha value is -2.48. The van der Waals surface area contributed by atoms with E-state index in [0.29, 0.717) is 31.6 Å². The zero-order valence-corrected chi connectivity index (χ0v) is 22.4. The van der Waals surface area contributed by atoms with E-state index in [1.165, 1.54) is 51.4 Å². The van der Waals surface area contributed by atoms with Gasteiger partial charge in [-0.1, -0.05) is 58.3 Å². The number of ether oxygens (including phenoxy) is 1. The Labute approximate surface area is 217 Å². The van der Waals surface area contributed by atoms with Crippen molar-refractivity contribution in [3.63, 3.8) is 0 Å². The van der Waals surface area contributed by atoms with Gasteiger partial charge in [-0.25, -0.2) is 9.97 Å². The van der Waals surface area contributed by atoms with Gasteiger partial charge in [0.05, 0.1) is 0 Å². The number of hydrogen-bond acceptors (Lipinski definition) is 6. The molecule has 1 amide bonds. The first-order chi connectivity index (χ1) is 17.7. The van der Waals surface area contributed by atoms with Crippen LogP contribution in [0.25, 0.3) is 5.95 Å². The molecule has 0 spiro atoms. The van der Waals surface area contributed by atoms with Crippen LogP contribution in [0.15, 0.2) is 24.8 Å². The van der Waals surface area contributed by atoms with Crippen molar-refractivity contribution in [2.75, 3.05) is 25.1 Å². The summed E-state index contributed by atoms with van der Waals surface area (Å²) in [5.41, 5.74) is 1.01. The molecule has 1 aliphatic rings. The molecule has 200 valence electrons. The Kier molecular flexibility index (Phi) is 12.7. The van der Waals surface area contributed by atoms with Gasteiger partial charge < -0.3 is 15.4 Å². The van der Waals surface area contributed by atoms with E-state index in [1.54, 1.807) is 12.5 Å². The molecule has 2 aromatic heterocycles. The molecule has 8 nitrogen and oxygen atoms in total. The minimum Gasteiger partial charge on any atom is -0.382 e. The van der Waals surface area contributed by atoms with Gasteiger partial charge in [0, 0.05) is 43.9 Å². The molecule has 2 N–H and O–H groups in total. The number of amides is 1. The highest BCUT2D eigenvalue weighted by atomic mass is 16.5. The van der Waals surface area contributed by atoms with Crippen molar-refractivity contribution in [1.82, 2.24) is 24.8 Å². The van der Waals surface area contributed by atoms with E-state index in [9.17, 15) is 4.79 Å². The van der Waals surface area contributed by atoms with Crippen LogP contribution in [0.4, 0.5) is 5.82 Å². The Morgan fingerprint density at radius 3 is 2.64 bits per heavy atom. The maximum Gasteiger partial charge on any atom is 0.242 e. The van der Waals surface area contributed by atoms with E-state index in [2.05, 4.69) is 22.5 Å². The van der Waals surface area contributed by atoms with Crippen LogP contribution >= 0.6 is 0 Å². The molecule has 36 heavy (non-hydrogen) atoms. The van der Waals surface area contributed by atoms with Gasteiger partial charge in [-0.05, 0) is 44.9 Å². The fourth-order valence-electron chi connectivity index (χ4n) is 4.93. The third-order valence-electron chi connectivity index (χ3n) is 6.97. The molecular formula is C28H46N6O2. The van der Waals surface area contributed by atoms with E-state index in [0.717, 1.165) is 43.6 Å². The van der Waals surface area contributed by atoms with Crippen LogP contribution in [0, 0.1) is 5.92 Å². The molecule has 0 bridgehead atoms. The number of aromatic nitrogens is 4. The Morgan fingerprint density at radius 1 is 1.08 bits per heavy atom. The lowest BCUT2D eigenvalue weighted by molar-refractivity contribution is -0.123. The minimum absolute atomic E-state index is 0.0543. The molecule has 1 atom stereocenters. The molecular weight excluding hydrogens is 452 g/mol. The summed E-state index contributed by atoms with van der Waals surface area (Å²) in [5, 5.41) is 6.67. The molecule has 1 saturated carbocycles. The van der Waals surface area contributed by atoms with Crippen molar-refractivity contribution < 1.29 is 9.53 Å². The summed E-state index contributed by atoms with van der Waals surface area (Å²) in [6.07, 6.45) is 20.2. The normalized spacial score (nSPS) is 15.1. The van der Waals surface area contributed by atoms with Crippen molar-refractivity contribution in [1.29, 1.82) is 0 Å². The number of carbonyl (C=O) groups excluding carboxylic acids is 1. The van der Waals surface area contributed by atoms with Crippen LogP contribution in [-0.4, -0.2) is 51.2 Å². The first-order valence-corrected chi connectivity index (χ1v) is 14.2. The first kappa shape index (κ1) is 28.1. The Bertz CT molecular complexity index is 867. The van der Waals surface area contributed by atoms with Gasteiger partial charge in [-0.2, -0.15) is 4.98 Å². The number of aryl methyl sites for hydroxylation is 1. The maximum atomic E-state index is 13.3. The number of nitrogens with one attached hydrogen (secondary N) is 2. The molecule has 1 aliphatic carbocycles. The highest BCUT2D eigenvalue weighted by molar-refractivity contribution is 5.84. The second kappa shape index (κ2) is 16.3. The molecule has 2 aromatic rings. The Morgan fingerprint density at radius 2 is 1.89 bits per heavy atom. The highest BCUT2D eigenvalue weighted by Crippen LogP contribution is 2.28. The van der Waals surface area contributed by atoms with Gasteiger partial charge in [0.25, 0.3) is 0 Å². The summed E-state index contributed by atoms with van der Waals surface area (Å²) in [4.78, 5) is 27.1. The van der Waals surface area contributed by atoms with E-state index in [4.69, 9.17) is 14.7 Å². The number of anilines is 1. The number of rotatable bonds is 17. The van der Waals surface area contributed by atoms with Gasteiger partial charge >= 0.3 is 0 Å². The average molecular weight is 499 g/mol. The summed E-state index contributed by atoms with van der Waals surface area (Å²) in [6.45, 7) is 6.22. The Balaban J connectivity index is 1.71. The lowest BCUT2D eigenvalue weighted by atomic mass is 9.83. The lowest BCUT2D eigenvalue weighted by Gasteiger charge is -2.30. The monoisotopic (exact) mass is 498 g/mol. The maximum absolute atomic E-state index is 13.3. The summed E-state index contributed by atoms with van der Waals surface area (Å²) in [5.74, 6) is 1.67. The number of imidazole rings is 1. The van der Waals surface area contributed by atoms with Crippen molar-refractivity contribution in [3.05, 3.63) is 30.5 Å². The van der Waals surface area contributed by atoms with Crippen molar-refractivity contribution in [2.45, 2.75) is 103 Å². The van der Waals surface area contributed by atoms with Gasteiger partial charge in [0.1, 0.15) is 18.2 Å². The topological polar surface area (TPSA) is 94.0 Å². The van der Waals surface area contributed by atoms with Crippen LogP contribution in [-0.2, 0) is 16.0 Å². The van der Waals surface area contributed by atoms with Crippen molar-refractivity contribution in [2.24, 2.45) is 5.92 Å². The van der Waals surface area contributed by atoms with E-state index >= 15 is 0 Å². The molecule has 3 rings (SSSR count). The highest BCUT2D eigenvalue weighted by Gasteiger charge is 2.30. The van der Waals surface area contributed by atoms with Crippen molar-refractivity contribution >= 4 is 11.7 Å². The molecule has 8 heteroatoms. The van der Waals surface area contributed by atoms with E-state index in [-0.39, 0.29) is 11.9 Å². The molecule has 0 aliphatic heterocycles. The van der Waals surface area contributed by atoms with Crippen molar-refractivity contribution in [3.8, 4) is 5.95 Å². The number of carbonyl (C=O) groups is 1. The van der Waals surface area contributed by atoms with Gasteiger partial charge in [-0.3, -0.25) is 9.36 Å². The van der Waals surface area contributed by atoms with Gasteiger partial charge in [-0.15, -0.1) is 0 Å². The van der Waals surface area contributed by atoms with E-state index in [1.807, 2.05) is 23.8 Å². The van der Waals surface area contributed by atoms with Crippen LogP contribution in [0.2, 0.25) is 0 Å². The molecule has 0 aromatic carbocycles. The smallest absolute Gasteiger partial charge is 0.242 e. The van der Waals surface area contributed by atoms with E-state index < -0.39 is 0 Å². The predicted octanol–water partition coefficient (Wildman–Crippen LogP) is 5.47. The largest absolute Gasteiger partial charge is 0.382 e. The number of nitrogens with zero attached hydrogens (tertiary/aromatic N) is 4. The van der Waals surface area contributed by atoms with Gasteiger partial charge in [0.2, 0.25) is 11.9 Å². The predicted molar refractivity (Wildman–Crippen MR) is 144 cm³/mol. The third-order valence-corrected chi connectivity index (χ3v) is 6.97. The molecule has 2 heterocycles. The SMILES string of the molecule is CCCCCCCCc1cc(N[C@H](C(=O)NCCCOCC)C2CCCCC2)nc(-n2ccnc2)n1. The van der Waals surface area contributed by atoms with Crippen LogP contribution in [0.5, 0.6) is 0 Å². The first-order valence-electron chi connectivity index (χ1n) is 14.2. The van der Waals surface area contributed by atoms with Crippen LogP contribution in [0.1, 0.15) is 96.6 Å². The van der Waals surface area contributed by atoms with Crippen LogP contribution in [0.3, 0.4) is 0 Å². The average Bonchev–Trinajstić information content (AvgIpc) is 3.45. The number of hydrogen-bond donors (Lipinski definition) is 2. The molecule has 0 unspecified atom stereocenters. The fourth-order valence-corrected chi connectivity index (χ4v) is 4.93. The summed E-state index contributed by atoms with van der Waals surface area (Å²) < 4.78 is 7.25. The summed E-state index contributed by atoms with van der Waals surface area (Å²) >= 11 is 0. The van der Waals surface area contributed by atoms with Gasteiger partial charge in [0.15, 0.2) is 0 Å². The number of unbranched alkanes of at least 4 members (excludes halogenated alkanes) is 5. The summed E-state index contributed by atoms with van der Waals surface area (Å²) in [7, 11) is 0. The summed E-state index contributed by atoms with van der Waals surface area (Å²) in [6, 6.07) is 1.73. The zero-order valence-electron chi connectivity index (χ0n) is 22.4. The van der Waals surface area contributed by atoms with Crippen LogP contribution < -0.4 is 10.6 Å². The molecule has 0 radical (unpaired) electrons. The second-order valence-corrected chi connectivity index (χ2v) is 9.89. The fraction of sp³-hybridized carbons (Fsp3) is 0.714. The quantitative estimate of drug-likeness (QED) is 0.281. The second-order valence-electron chi connectivity index (χ2n) is 9.89. The molecule has 0 saturated heterocycles. The zero-order chi connectivity index (χ0) is 25.4. The lowest BCUT2D eigenvalue weighted by Crippen LogP contribution is -2.45. The minimum atomic E-state index is -0.301. The standard InChI is InChI=1S/C28H46N6O2/c1-3-5-6-7-8-12-16-24-21-25(33-28(31-24)34-19-18-29-22-34)32-26(23-14-10-9-11-15-23)27(35)30-17-13-20-36-4-2/h18-19,21-23,26H,3-17,20H2,1-2H3,(H,30,35)(H,31,32,33)/t26-/m0/s1.